The van der Waals surface area contributed by atoms with Gasteiger partial charge in [-0.25, -0.2) is 0 Å². The fraction of sp³-hybridized carbons (Fsp3) is 0.200. The molecule has 0 N–H and O–H groups in total. The SMILES string of the molecule is O=C([C@H]1Cc2ccccc2O1)N(Cc1cccnc1)Cc1ccco1. The predicted molar refractivity (Wildman–Crippen MR) is 91.8 cm³/mol. The first-order valence-corrected chi connectivity index (χ1v) is 8.24. The molecule has 5 nitrogen and oxygen atoms in total. The number of aromatic nitrogens is 1. The maximum Gasteiger partial charge on any atom is 0.264 e. The molecule has 5 heteroatoms. The highest BCUT2D eigenvalue weighted by Crippen LogP contribution is 2.29. The Bertz CT molecular complexity index is 821. The van der Waals surface area contributed by atoms with Crippen LogP contribution >= 0.6 is 0 Å². The van der Waals surface area contributed by atoms with E-state index in [0.717, 1.165) is 22.6 Å². The average molecular weight is 334 g/mol. The largest absolute Gasteiger partial charge is 0.480 e. The van der Waals surface area contributed by atoms with Crippen LogP contribution in [-0.2, 0) is 24.3 Å². The van der Waals surface area contributed by atoms with E-state index in [1.165, 1.54) is 0 Å². The van der Waals surface area contributed by atoms with Crippen molar-refractivity contribution in [3.63, 3.8) is 0 Å². The molecule has 1 aliphatic rings. The second kappa shape index (κ2) is 6.81. The van der Waals surface area contributed by atoms with Crippen LogP contribution in [0.2, 0.25) is 0 Å². The Morgan fingerprint density at radius 3 is 2.80 bits per heavy atom. The summed E-state index contributed by atoms with van der Waals surface area (Å²) in [5.74, 6) is 1.49. The van der Waals surface area contributed by atoms with Crippen molar-refractivity contribution in [1.82, 2.24) is 9.88 Å². The summed E-state index contributed by atoms with van der Waals surface area (Å²) in [4.78, 5) is 19.0. The van der Waals surface area contributed by atoms with Gasteiger partial charge in [0.15, 0.2) is 6.10 Å². The Kier molecular flexibility index (Phi) is 4.21. The summed E-state index contributed by atoms with van der Waals surface area (Å²) >= 11 is 0. The molecule has 25 heavy (non-hydrogen) atoms. The van der Waals surface area contributed by atoms with Crippen molar-refractivity contribution in [2.45, 2.75) is 25.6 Å². The van der Waals surface area contributed by atoms with Gasteiger partial charge in [-0.1, -0.05) is 24.3 Å². The van der Waals surface area contributed by atoms with Crippen LogP contribution in [0, 0.1) is 0 Å². The molecule has 1 atom stereocenters. The zero-order chi connectivity index (χ0) is 17.1. The first-order valence-electron chi connectivity index (χ1n) is 8.24. The van der Waals surface area contributed by atoms with Crippen molar-refractivity contribution in [3.8, 4) is 5.75 Å². The van der Waals surface area contributed by atoms with Crippen LogP contribution in [0.4, 0.5) is 0 Å². The predicted octanol–water partition coefficient (Wildman–Crippen LogP) is 3.21. The van der Waals surface area contributed by atoms with Crippen molar-refractivity contribution < 1.29 is 13.9 Å². The highest BCUT2D eigenvalue weighted by Gasteiger charge is 2.32. The fourth-order valence-electron chi connectivity index (χ4n) is 3.04. The minimum Gasteiger partial charge on any atom is -0.480 e. The number of ether oxygens (including phenoxy) is 1. The Labute approximate surface area is 145 Å². The Hall–Kier alpha value is -3.08. The monoisotopic (exact) mass is 334 g/mol. The number of pyridine rings is 1. The van der Waals surface area contributed by atoms with E-state index >= 15 is 0 Å². The summed E-state index contributed by atoms with van der Waals surface area (Å²) in [6, 6.07) is 15.3. The van der Waals surface area contributed by atoms with E-state index < -0.39 is 6.10 Å². The van der Waals surface area contributed by atoms with Gasteiger partial charge in [0.25, 0.3) is 5.91 Å². The van der Waals surface area contributed by atoms with E-state index in [-0.39, 0.29) is 5.91 Å². The molecule has 3 aromatic rings. The van der Waals surface area contributed by atoms with Gasteiger partial charge in [0.05, 0.1) is 12.8 Å². The minimum atomic E-state index is -0.496. The van der Waals surface area contributed by atoms with E-state index in [4.69, 9.17) is 9.15 Å². The number of amides is 1. The van der Waals surface area contributed by atoms with Crippen molar-refractivity contribution in [1.29, 1.82) is 0 Å². The second-order valence-corrected chi connectivity index (χ2v) is 6.05. The Morgan fingerprint density at radius 2 is 2.04 bits per heavy atom. The number of carbonyl (C=O) groups excluding carboxylic acids is 1. The second-order valence-electron chi connectivity index (χ2n) is 6.05. The maximum absolute atomic E-state index is 13.1. The standard InChI is InChI=1S/C20H18N2O3/c23-20(19-11-16-6-1-2-8-18(16)25-19)22(14-17-7-4-10-24-17)13-15-5-3-9-21-12-15/h1-10,12,19H,11,13-14H2/t19-/m1/s1. The minimum absolute atomic E-state index is 0.0450. The summed E-state index contributed by atoms with van der Waals surface area (Å²) in [5, 5.41) is 0. The summed E-state index contributed by atoms with van der Waals surface area (Å²) in [6.07, 6.45) is 5.20. The Morgan fingerprint density at radius 1 is 1.12 bits per heavy atom. The van der Waals surface area contributed by atoms with E-state index in [1.807, 2.05) is 48.5 Å². The maximum atomic E-state index is 13.1. The average Bonchev–Trinajstić information content (AvgIpc) is 3.30. The lowest BCUT2D eigenvalue weighted by Gasteiger charge is -2.24. The molecule has 0 fully saturated rings. The molecular weight excluding hydrogens is 316 g/mol. The fourth-order valence-corrected chi connectivity index (χ4v) is 3.04. The normalized spacial score (nSPS) is 15.4. The van der Waals surface area contributed by atoms with Gasteiger partial charge in [-0.05, 0) is 35.4 Å². The molecule has 0 bridgehead atoms. The van der Waals surface area contributed by atoms with Crippen LogP contribution in [0.3, 0.4) is 0 Å². The quantitative estimate of drug-likeness (QED) is 0.719. The van der Waals surface area contributed by atoms with Crippen LogP contribution in [0.25, 0.3) is 0 Å². The van der Waals surface area contributed by atoms with Gasteiger partial charge in [-0.3, -0.25) is 9.78 Å². The summed E-state index contributed by atoms with van der Waals surface area (Å²) in [5.41, 5.74) is 2.04. The molecule has 1 amide bonds. The molecule has 0 unspecified atom stereocenters. The highest BCUT2D eigenvalue weighted by atomic mass is 16.5. The van der Waals surface area contributed by atoms with Gasteiger partial charge in [0, 0.05) is 25.4 Å². The molecule has 0 aliphatic carbocycles. The smallest absolute Gasteiger partial charge is 0.264 e. The molecule has 0 radical (unpaired) electrons. The van der Waals surface area contributed by atoms with Crippen LogP contribution in [0.5, 0.6) is 5.75 Å². The van der Waals surface area contributed by atoms with Gasteiger partial charge in [0.2, 0.25) is 0 Å². The molecule has 3 heterocycles. The number of furan rings is 1. The van der Waals surface area contributed by atoms with Crippen LogP contribution in [-0.4, -0.2) is 21.9 Å². The molecule has 1 aliphatic heterocycles. The van der Waals surface area contributed by atoms with E-state index in [1.54, 1.807) is 23.6 Å². The van der Waals surface area contributed by atoms with E-state index in [0.29, 0.717) is 19.5 Å². The molecule has 0 saturated carbocycles. The molecule has 2 aromatic heterocycles. The third kappa shape index (κ3) is 3.40. The number of carbonyl (C=O) groups is 1. The highest BCUT2D eigenvalue weighted by molar-refractivity contribution is 5.82. The topological polar surface area (TPSA) is 55.6 Å². The van der Waals surface area contributed by atoms with Crippen LogP contribution < -0.4 is 4.74 Å². The number of nitrogens with zero attached hydrogens (tertiary/aromatic N) is 2. The van der Waals surface area contributed by atoms with Crippen molar-refractivity contribution in [2.24, 2.45) is 0 Å². The van der Waals surface area contributed by atoms with Gasteiger partial charge >= 0.3 is 0 Å². The first kappa shape index (κ1) is 15.4. The molecule has 4 rings (SSSR count). The first-order chi connectivity index (χ1) is 12.3. The van der Waals surface area contributed by atoms with Crippen molar-refractivity contribution in [2.75, 3.05) is 0 Å². The number of hydrogen-bond acceptors (Lipinski definition) is 4. The number of fused-ring (bicyclic) bond motifs is 1. The van der Waals surface area contributed by atoms with Gasteiger partial charge in [0.1, 0.15) is 11.5 Å². The van der Waals surface area contributed by atoms with Crippen LogP contribution in [0.1, 0.15) is 16.9 Å². The number of benzene rings is 1. The van der Waals surface area contributed by atoms with Gasteiger partial charge in [-0.2, -0.15) is 0 Å². The zero-order valence-corrected chi connectivity index (χ0v) is 13.7. The molecule has 0 spiro atoms. The molecule has 1 aromatic carbocycles. The molecular formula is C20H18N2O3. The third-order valence-electron chi connectivity index (χ3n) is 4.26. The summed E-state index contributed by atoms with van der Waals surface area (Å²) in [7, 11) is 0. The Balaban J connectivity index is 1.54. The van der Waals surface area contributed by atoms with Crippen molar-refractivity contribution in [3.05, 3.63) is 84.1 Å². The van der Waals surface area contributed by atoms with E-state index in [9.17, 15) is 4.79 Å². The van der Waals surface area contributed by atoms with E-state index in [2.05, 4.69) is 4.98 Å². The van der Waals surface area contributed by atoms with Gasteiger partial charge in [-0.15, -0.1) is 0 Å². The molecule has 126 valence electrons. The van der Waals surface area contributed by atoms with Gasteiger partial charge < -0.3 is 14.1 Å². The third-order valence-corrected chi connectivity index (χ3v) is 4.26. The number of rotatable bonds is 5. The number of hydrogen-bond donors (Lipinski definition) is 0. The molecule has 0 saturated heterocycles. The number of para-hydroxylation sites is 1. The summed E-state index contributed by atoms with van der Waals surface area (Å²) < 4.78 is 11.3. The lowest BCUT2D eigenvalue weighted by molar-refractivity contribution is -0.139. The van der Waals surface area contributed by atoms with Crippen LogP contribution in [0.15, 0.2) is 71.6 Å². The van der Waals surface area contributed by atoms with Crippen molar-refractivity contribution >= 4 is 5.91 Å². The lowest BCUT2D eigenvalue weighted by atomic mass is 10.1. The summed E-state index contributed by atoms with van der Waals surface area (Å²) in [6.45, 7) is 0.862. The zero-order valence-electron chi connectivity index (χ0n) is 13.7. The lowest BCUT2D eigenvalue weighted by Crippen LogP contribution is -2.40.